The normalized spacial score (nSPS) is 16.3. The number of benzene rings is 2. The monoisotopic (exact) mass is 405 g/mol. The highest BCUT2D eigenvalue weighted by atomic mass is 16.5. The van der Waals surface area contributed by atoms with E-state index in [0.717, 1.165) is 28.1 Å². The minimum Gasteiger partial charge on any atom is -0.488 e. The van der Waals surface area contributed by atoms with Crippen LogP contribution in [0.5, 0.6) is 5.75 Å². The van der Waals surface area contributed by atoms with E-state index in [1.807, 2.05) is 67.3 Å². The SMILES string of the molecule is Cc1cccc(NC(=O)CN2CCN(C(=O)C3=Cc4ccccc4OC3)CC2)c1C. The van der Waals surface area contributed by atoms with Crippen LogP contribution in [0.2, 0.25) is 0 Å². The summed E-state index contributed by atoms with van der Waals surface area (Å²) < 4.78 is 5.72. The summed E-state index contributed by atoms with van der Waals surface area (Å²) in [6, 6.07) is 13.6. The van der Waals surface area contributed by atoms with Crippen molar-refractivity contribution >= 4 is 23.6 Å². The van der Waals surface area contributed by atoms with Crippen LogP contribution in [0.1, 0.15) is 16.7 Å². The topological polar surface area (TPSA) is 61.9 Å². The molecule has 2 aliphatic rings. The third-order valence-electron chi connectivity index (χ3n) is 5.81. The number of rotatable bonds is 4. The number of nitrogens with zero attached hydrogens (tertiary/aromatic N) is 2. The van der Waals surface area contributed by atoms with Crippen LogP contribution in [0.15, 0.2) is 48.0 Å². The highest BCUT2D eigenvalue weighted by Gasteiger charge is 2.26. The molecule has 2 aliphatic heterocycles. The molecule has 2 amide bonds. The molecule has 2 aromatic carbocycles. The van der Waals surface area contributed by atoms with Crippen LogP contribution in [0.4, 0.5) is 5.69 Å². The number of carbonyl (C=O) groups excluding carboxylic acids is 2. The van der Waals surface area contributed by atoms with Gasteiger partial charge in [-0.05, 0) is 43.2 Å². The van der Waals surface area contributed by atoms with E-state index < -0.39 is 0 Å². The van der Waals surface area contributed by atoms with Gasteiger partial charge in [0.1, 0.15) is 12.4 Å². The highest BCUT2D eigenvalue weighted by Crippen LogP contribution is 2.26. The van der Waals surface area contributed by atoms with E-state index in [-0.39, 0.29) is 11.8 Å². The van der Waals surface area contributed by atoms with Crippen LogP contribution in [0.3, 0.4) is 0 Å². The number of fused-ring (bicyclic) bond motifs is 1. The van der Waals surface area contributed by atoms with Crippen molar-refractivity contribution in [2.75, 3.05) is 44.6 Å². The van der Waals surface area contributed by atoms with Gasteiger partial charge in [-0.3, -0.25) is 14.5 Å². The average Bonchev–Trinajstić information content (AvgIpc) is 2.76. The van der Waals surface area contributed by atoms with Gasteiger partial charge in [0, 0.05) is 37.4 Å². The van der Waals surface area contributed by atoms with Gasteiger partial charge in [-0.25, -0.2) is 0 Å². The molecule has 0 aromatic heterocycles. The second-order valence-corrected chi connectivity index (χ2v) is 7.86. The first-order valence-electron chi connectivity index (χ1n) is 10.3. The van der Waals surface area contributed by atoms with Gasteiger partial charge in [0.15, 0.2) is 0 Å². The van der Waals surface area contributed by atoms with Crippen molar-refractivity contribution in [2.45, 2.75) is 13.8 Å². The first kappa shape index (κ1) is 20.2. The van der Waals surface area contributed by atoms with Crippen molar-refractivity contribution < 1.29 is 14.3 Å². The molecule has 0 saturated carbocycles. The number of hydrogen-bond acceptors (Lipinski definition) is 4. The Morgan fingerprint density at radius 1 is 1.00 bits per heavy atom. The Bertz CT molecular complexity index is 991. The summed E-state index contributed by atoms with van der Waals surface area (Å²) in [6.07, 6.45) is 1.92. The number of carbonyl (C=O) groups is 2. The van der Waals surface area contributed by atoms with Gasteiger partial charge in [0.25, 0.3) is 5.91 Å². The molecule has 1 saturated heterocycles. The van der Waals surface area contributed by atoms with Crippen molar-refractivity contribution in [3.63, 3.8) is 0 Å². The first-order valence-corrected chi connectivity index (χ1v) is 10.3. The third-order valence-corrected chi connectivity index (χ3v) is 5.81. The molecule has 2 aromatic rings. The van der Waals surface area contributed by atoms with Gasteiger partial charge in [-0.15, -0.1) is 0 Å². The van der Waals surface area contributed by atoms with Crippen LogP contribution >= 0.6 is 0 Å². The zero-order valence-corrected chi connectivity index (χ0v) is 17.5. The Morgan fingerprint density at radius 2 is 1.77 bits per heavy atom. The molecule has 0 bridgehead atoms. The molecule has 30 heavy (non-hydrogen) atoms. The van der Waals surface area contributed by atoms with Crippen molar-refractivity contribution in [3.05, 3.63) is 64.7 Å². The third kappa shape index (κ3) is 4.39. The van der Waals surface area contributed by atoms with Crippen molar-refractivity contribution in [1.29, 1.82) is 0 Å². The van der Waals surface area contributed by atoms with Gasteiger partial charge in [-0.2, -0.15) is 0 Å². The van der Waals surface area contributed by atoms with E-state index in [9.17, 15) is 9.59 Å². The summed E-state index contributed by atoms with van der Waals surface area (Å²) in [5, 5.41) is 3.01. The minimum absolute atomic E-state index is 0.0176. The fraction of sp³-hybridized carbons (Fsp3) is 0.333. The van der Waals surface area contributed by atoms with Crippen LogP contribution < -0.4 is 10.1 Å². The molecule has 4 rings (SSSR count). The largest absolute Gasteiger partial charge is 0.488 e. The maximum absolute atomic E-state index is 12.9. The number of anilines is 1. The number of amides is 2. The Labute approximate surface area is 177 Å². The van der Waals surface area contributed by atoms with Gasteiger partial charge >= 0.3 is 0 Å². The molecule has 0 radical (unpaired) electrons. The predicted octanol–water partition coefficient (Wildman–Crippen LogP) is 2.86. The maximum Gasteiger partial charge on any atom is 0.253 e. The summed E-state index contributed by atoms with van der Waals surface area (Å²) in [7, 11) is 0. The Kier molecular flexibility index (Phi) is 5.86. The lowest BCUT2D eigenvalue weighted by atomic mass is 10.1. The standard InChI is InChI=1S/C24H27N3O3/c1-17-6-5-8-21(18(17)2)25-23(28)15-26-10-12-27(13-11-26)24(29)20-14-19-7-3-4-9-22(19)30-16-20/h3-9,14H,10-13,15-16H2,1-2H3,(H,25,28). The number of nitrogens with one attached hydrogen (secondary N) is 1. The van der Waals surface area contributed by atoms with Crippen LogP contribution in [0, 0.1) is 13.8 Å². The zero-order valence-electron chi connectivity index (χ0n) is 17.5. The van der Waals surface area contributed by atoms with Crippen molar-refractivity contribution in [1.82, 2.24) is 9.80 Å². The summed E-state index contributed by atoms with van der Waals surface area (Å²) in [5.74, 6) is 0.807. The lowest BCUT2D eigenvalue weighted by Crippen LogP contribution is -2.51. The van der Waals surface area contributed by atoms with E-state index in [1.54, 1.807) is 0 Å². The second-order valence-electron chi connectivity index (χ2n) is 7.86. The fourth-order valence-corrected chi connectivity index (χ4v) is 3.83. The molecule has 6 nitrogen and oxygen atoms in total. The number of ether oxygens (including phenoxy) is 1. The molecule has 1 N–H and O–H groups in total. The molecular weight excluding hydrogens is 378 g/mol. The van der Waals surface area contributed by atoms with E-state index >= 15 is 0 Å². The molecule has 0 spiro atoms. The molecule has 2 heterocycles. The van der Waals surface area contributed by atoms with Crippen LogP contribution in [0.25, 0.3) is 6.08 Å². The summed E-state index contributed by atoms with van der Waals surface area (Å²) >= 11 is 0. The molecule has 6 heteroatoms. The highest BCUT2D eigenvalue weighted by molar-refractivity contribution is 5.99. The number of aryl methyl sites for hydroxylation is 1. The van der Waals surface area contributed by atoms with Crippen molar-refractivity contribution in [3.8, 4) is 5.75 Å². The Hall–Kier alpha value is -3.12. The molecule has 0 unspecified atom stereocenters. The Balaban J connectivity index is 1.30. The quantitative estimate of drug-likeness (QED) is 0.850. The van der Waals surface area contributed by atoms with E-state index in [4.69, 9.17) is 4.74 Å². The van der Waals surface area contributed by atoms with E-state index in [2.05, 4.69) is 10.2 Å². The Morgan fingerprint density at radius 3 is 2.57 bits per heavy atom. The van der Waals surface area contributed by atoms with Crippen molar-refractivity contribution in [2.24, 2.45) is 0 Å². The molecular formula is C24H27N3O3. The number of piperazine rings is 1. The molecule has 1 fully saturated rings. The van der Waals surface area contributed by atoms with Gasteiger partial charge < -0.3 is 15.0 Å². The van der Waals surface area contributed by atoms with E-state index in [1.165, 1.54) is 0 Å². The van der Waals surface area contributed by atoms with E-state index in [0.29, 0.717) is 44.9 Å². The summed E-state index contributed by atoms with van der Waals surface area (Å²) in [5.41, 5.74) is 4.72. The molecule has 0 atom stereocenters. The predicted molar refractivity (Wildman–Crippen MR) is 117 cm³/mol. The molecule has 0 aliphatic carbocycles. The zero-order chi connectivity index (χ0) is 21.1. The number of hydrogen-bond donors (Lipinski definition) is 1. The minimum atomic E-state index is -0.0246. The fourth-order valence-electron chi connectivity index (χ4n) is 3.83. The van der Waals surface area contributed by atoms with Gasteiger partial charge in [0.2, 0.25) is 5.91 Å². The smallest absolute Gasteiger partial charge is 0.253 e. The number of para-hydroxylation sites is 1. The second kappa shape index (κ2) is 8.71. The van der Waals surface area contributed by atoms with Gasteiger partial charge in [-0.1, -0.05) is 30.3 Å². The lowest BCUT2D eigenvalue weighted by Gasteiger charge is -2.35. The van der Waals surface area contributed by atoms with Gasteiger partial charge in [0.05, 0.1) is 12.1 Å². The van der Waals surface area contributed by atoms with Crippen LogP contribution in [-0.2, 0) is 9.59 Å². The maximum atomic E-state index is 12.9. The summed E-state index contributed by atoms with van der Waals surface area (Å²) in [4.78, 5) is 29.3. The lowest BCUT2D eigenvalue weighted by molar-refractivity contribution is -0.129. The van der Waals surface area contributed by atoms with Crippen LogP contribution in [-0.4, -0.2) is 60.9 Å². The summed E-state index contributed by atoms with van der Waals surface area (Å²) in [6.45, 7) is 7.24. The first-order chi connectivity index (χ1) is 14.5. The average molecular weight is 405 g/mol. The molecule has 156 valence electrons.